The van der Waals surface area contributed by atoms with Crippen LogP contribution in [0.15, 0.2) is 52.0 Å². The van der Waals surface area contributed by atoms with Gasteiger partial charge in [-0.3, -0.25) is 0 Å². The van der Waals surface area contributed by atoms with E-state index in [1.807, 2.05) is 30.3 Å². The molecule has 2 N–H and O–H groups in total. The normalized spacial score (nSPS) is 10.4. The first kappa shape index (κ1) is 18.5. The van der Waals surface area contributed by atoms with Crippen LogP contribution in [0.3, 0.4) is 0 Å². The zero-order chi connectivity index (χ0) is 19.2. The molecule has 2 aromatic heterocycles. The van der Waals surface area contributed by atoms with Crippen molar-refractivity contribution in [3.63, 3.8) is 0 Å². The molecular weight excluding hydrogens is 364 g/mol. The monoisotopic (exact) mass is 380 g/mol. The van der Waals surface area contributed by atoms with E-state index >= 15 is 0 Å². The maximum absolute atomic E-state index is 11.4. The Morgan fingerprint density at radius 1 is 1.26 bits per heavy atom. The number of nitriles is 1. The van der Waals surface area contributed by atoms with Crippen LogP contribution in [0.25, 0.3) is 0 Å². The fourth-order valence-electron chi connectivity index (χ4n) is 2.41. The number of nitrogens with zero attached hydrogens (tertiary/aromatic N) is 3. The molecule has 0 radical (unpaired) electrons. The van der Waals surface area contributed by atoms with E-state index < -0.39 is 5.97 Å². The van der Waals surface area contributed by atoms with Crippen LogP contribution in [-0.4, -0.2) is 23.0 Å². The maximum atomic E-state index is 11.4. The van der Waals surface area contributed by atoms with Crippen LogP contribution < -0.4 is 5.73 Å². The van der Waals surface area contributed by atoms with Crippen molar-refractivity contribution in [2.45, 2.75) is 17.3 Å². The van der Waals surface area contributed by atoms with Crippen molar-refractivity contribution in [1.29, 1.82) is 5.26 Å². The summed E-state index contributed by atoms with van der Waals surface area (Å²) in [6.45, 7) is 0. The van der Waals surface area contributed by atoms with Crippen molar-refractivity contribution in [3.8, 4) is 6.07 Å². The zero-order valence-corrected chi connectivity index (χ0v) is 15.3. The molecule has 0 aliphatic heterocycles. The third kappa shape index (κ3) is 4.46. The molecule has 8 heteroatoms. The topological polar surface area (TPSA) is 115 Å². The SMILES string of the molecule is COC(=O)c1ccc(CSc2nc(N)c(C#N)c(Cc3ccccc3)n2)o1. The number of esters is 1. The summed E-state index contributed by atoms with van der Waals surface area (Å²) < 4.78 is 10.0. The molecule has 0 saturated carbocycles. The minimum absolute atomic E-state index is 0.137. The lowest BCUT2D eigenvalue weighted by Crippen LogP contribution is -2.06. The van der Waals surface area contributed by atoms with Crippen molar-refractivity contribution in [3.05, 3.63) is 70.8 Å². The van der Waals surface area contributed by atoms with Gasteiger partial charge in [0.25, 0.3) is 0 Å². The van der Waals surface area contributed by atoms with Gasteiger partial charge < -0.3 is 14.9 Å². The lowest BCUT2D eigenvalue weighted by atomic mass is 10.1. The van der Waals surface area contributed by atoms with Gasteiger partial charge in [-0.2, -0.15) is 5.26 Å². The van der Waals surface area contributed by atoms with Gasteiger partial charge in [-0.05, 0) is 17.7 Å². The van der Waals surface area contributed by atoms with E-state index in [1.165, 1.54) is 18.9 Å². The molecule has 0 saturated heterocycles. The summed E-state index contributed by atoms with van der Waals surface area (Å²) in [5, 5.41) is 9.82. The number of thioether (sulfide) groups is 1. The van der Waals surface area contributed by atoms with E-state index in [0.29, 0.717) is 28.8 Å². The van der Waals surface area contributed by atoms with E-state index in [2.05, 4.69) is 20.8 Å². The van der Waals surface area contributed by atoms with Crippen molar-refractivity contribution in [2.24, 2.45) is 0 Å². The number of rotatable bonds is 6. The van der Waals surface area contributed by atoms with Crippen molar-refractivity contribution in [2.75, 3.05) is 12.8 Å². The first-order chi connectivity index (χ1) is 13.1. The number of hydrogen-bond acceptors (Lipinski definition) is 8. The Morgan fingerprint density at radius 2 is 2.04 bits per heavy atom. The first-order valence-corrected chi connectivity index (χ1v) is 8.99. The summed E-state index contributed by atoms with van der Waals surface area (Å²) in [4.78, 5) is 20.1. The second-order valence-electron chi connectivity index (χ2n) is 5.53. The summed E-state index contributed by atoms with van der Waals surface area (Å²) in [5.74, 6) is 0.744. The van der Waals surface area contributed by atoms with E-state index in [1.54, 1.807) is 12.1 Å². The van der Waals surface area contributed by atoms with Gasteiger partial charge in [0, 0.05) is 6.42 Å². The van der Waals surface area contributed by atoms with Crippen LogP contribution in [0.2, 0.25) is 0 Å². The number of aromatic nitrogens is 2. The molecule has 27 heavy (non-hydrogen) atoms. The van der Waals surface area contributed by atoms with Gasteiger partial charge in [0.15, 0.2) is 5.16 Å². The maximum Gasteiger partial charge on any atom is 0.373 e. The van der Waals surface area contributed by atoms with Gasteiger partial charge in [-0.1, -0.05) is 42.1 Å². The average Bonchev–Trinajstić information content (AvgIpc) is 3.15. The van der Waals surface area contributed by atoms with Crippen LogP contribution in [0.1, 0.15) is 33.1 Å². The third-order valence-corrected chi connectivity index (χ3v) is 4.58. The van der Waals surface area contributed by atoms with Gasteiger partial charge >= 0.3 is 5.97 Å². The molecule has 136 valence electrons. The minimum Gasteiger partial charge on any atom is -0.463 e. The first-order valence-electron chi connectivity index (χ1n) is 8.01. The fraction of sp³-hybridized carbons (Fsp3) is 0.158. The van der Waals surface area contributed by atoms with E-state index in [4.69, 9.17) is 10.2 Å². The molecule has 0 amide bonds. The average molecular weight is 380 g/mol. The molecule has 3 rings (SSSR count). The number of hydrogen-bond donors (Lipinski definition) is 1. The van der Waals surface area contributed by atoms with Gasteiger partial charge in [-0.25, -0.2) is 14.8 Å². The Hall–Kier alpha value is -3.31. The Labute approximate surface area is 160 Å². The van der Waals surface area contributed by atoms with E-state index in [9.17, 15) is 10.1 Å². The lowest BCUT2D eigenvalue weighted by Gasteiger charge is -2.08. The Balaban J connectivity index is 1.79. The number of furan rings is 1. The molecule has 3 aromatic rings. The standard InChI is InChI=1S/C19H16N4O3S/c1-25-18(24)16-8-7-13(26-16)11-27-19-22-15(14(10-20)17(21)23-19)9-12-5-3-2-4-6-12/h2-8H,9,11H2,1H3,(H2,21,22,23). The van der Waals surface area contributed by atoms with Gasteiger partial charge in [0.2, 0.25) is 5.76 Å². The molecular formula is C19H16N4O3S. The largest absolute Gasteiger partial charge is 0.463 e. The lowest BCUT2D eigenvalue weighted by molar-refractivity contribution is 0.0563. The summed E-state index contributed by atoms with van der Waals surface area (Å²) >= 11 is 1.31. The van der Waals surface area contributed by atoms with Crippen LogP contribution in [0, 0.1) is 11.3 Å². The molecule has 0 aliphatic carbocycles. The summed E-state index contributed by atoms with van der Waals surface area (Å²) in [6, 6.07) is 15.0. The van der Waals surface area contributed by atoms with Crippen LogP contribution in [0.5, 0.6) is 0 Å². The molecule has 2 heterocycles. The molecule has 0 spiro atoms. The molecule has 7 nitrogen and oxygen atoms in total. The number of nitrogens with two attached hydrogens (primary N) is 1. The molecule has 0 bridgehead atoms. The highest BCUT2D eigenvalue weighted by Crippen LogP contribution is 2.25. The van der Waals surface area contributed by atoms with Crippen molar-refractivity contribution in [1.82, 2.24) is 9.97 Å². The number of anilines is 1. The minimum atomic E-state index is -0.532. The smallest absolute Gasteiger partial charge is 0.373 e. The number of methoxy groups -OCH3 is 1. The molecule has 0 atom stereocenters. The Bertz CT molecular complexity index is 996. The highest BCUT2D eigenvalue weighted by atomic mass is 32.2. The number of ether oxygens (including phenoxy) is 1. The highest BCUT2D eigenvalue weighted by molar-refractivity contribution is 7.98. The number of benzene rings is 1. The number of nitrogen functional groups attached to an aromatic ring is 1. The van der Waals surface area contributed by atoms with Crippen LogP contribution >= 0.6 is 11.8 Å². The second-order valence-corrected chi connectivity index (χ2v) is 6.48. The van der Waals surface area contributed by atoms with Crippen LogP contribution in [-0.2, 0) is 16.9 Å². The molecule has 0 aliphatic rings. The molecule has 1 aromatic carbocycles. The number of carbonyl (C=O) groups is 1. The van der Waals surface area contributed by atoms with Gasteiger partial charge in [0.1, 0.15) is 23.2 Å². The summed E-state index contributed by atoms with van der Waals surface area (Å²) in [5.41, 5.74) is 7.83. The Morgan fingerprint density at radius 3 is 2.74 bits per heavy atom. The number of carbonyl (C=O) groups excluding carboxylic acids is 1. The second kappa shape index (κ2) is 8.38. The highest BCUT2D eigenvalue weighted by Gasteiger charge is 2.15. The van der Waals surface area contributed by atoms with Crippen molar-refractivity contribution >= 4 is 23.5 Å². The molecule has 0 unspecified atom stereocenters. The predicted molar refractivity (Wildman–Crippen MR) is 100 cm³/mol. The predicted octanol–water partition coefficient (Wildman–Crippen LogP) is 3.19. The van der Waals surface area contributed by atoms with Gasteiger partial charge in [-0.15, -0.1) is 0 Å². The molecule has 0 fully saturated rings. The van der Waals surface area contributed by atoms with Gasteiger partial charge in [0.05, 0.1) is 18.6 Å². The quantitative estimate of drug-likeness (QED) is 0.394. The van der Waals surface area contributed by atoms with Crippen molar-refractivity contribution < 1.29 is 13.9 Å². The zero-order valence-electron chi connectivity index (χ0n) is 14.5. The van der Waals surface area contributed by atoms with Crippen LogP contribution in [0.4, 0.5) is 5.82 Å². The van der Waals surface area contributed by atoms with E-state index in [-0.39, 0.29) is 17.1 Å². The third-order valence-electron chi connectivity index (χ3n) is 3.71. The van der Waals surface area contributed by atoms with E-state index in [0.717, 1.165) is 5.56 Å². The summed E-state index contributed by atoms with van der Waals surface area (Å²) in [6.07, 6.45) is 0.483. The summed E-state index contributed by atoms with van der Waals surface area (Å²) in [7, 11) is 1.29. The fourth-order valence-corrected chi connectivity index (χ4v) is 3.17. The Kier molecular flexibility index (Phi) is 5.74.